The number of halogens is 2. The van der Waals surface area contributed by atoms with Crippen LogP contribution in [0, 0.1) is 11.6 Å². The van der Waals surface area contributed by atoms with Crippen molar-refractivity contribution in [3.8, 4) is 11.5 Å². The molecule has 3 nitrogen and oxygen atoms in total. The third kappa shape index (κ3) is 2.02. The first-order valence-corrected chi connectivity index (χ1v) is 4.59. The SMILES string of the molecule is Oc1cc(O[C@H]2C[C@H](O)C2)cc(F)c1F. The molecule has 1 aliphatic rings. The topological polar surface area (TPSA) is 49.7 Å². The number of rotatable bonds is 2. The van der Waals surface area contributed by atoms with Gasteiger partial charge in [0.2, 0.25) is 5.82 Å². The number of aromatic hydroxyl groups is 1. The Morgan fingerprint density at radius 3 is 2.47 bits per heavy atom. The number of phenols is 1. The molecule has 0 aliphatic heterocycles. The van der Waals surface area contributed by atoms with Gasteiger partial charge in [-0.1, -0.05) is 0 Å². The zero-order chi connectivity index (χ0) is 11.0. The maximum atomic E-state index is 12.8. The highest BCUT2D eigenvalue weighted by atomic mass is 19.2. The Kier molecular flexibility index (Phi) is 2.48. The average molecular weight is 216 g/mol. The van der Waals surface area contributed by atoms with Gasteiger partial charge in [0.15, 0.2) is 11.6 Å². The van der Waals surface area contributed by atoms with Crippen LogP contribution in [0.2, 0.25) is 0 Å². The van der Waals surface area contributed by atoms with Crippen LogP contribution in [-0.2, 0) is 0 Å². The number of aliphatic hydroxyl groups excluding tert-OH is 1. The standard InChI is InChI=1S/C10H10F2O3/c11-8-3-7(4-9(14)10(8)12)15-6-1-5(13)2-6/h3-6,13-14H,1-2H2/t5-,6-. The number of benzene rings is 1. The highest BCUT2D eigenvalue weighted by Crippen LogP contribution is 2.30. The van der Waals surface area contributed by atoms with Gasteiger partial charge in [0, 0.05) is 25.0 Å². The number of hydrogen-bond acceptors (Lipinski definition) is 3. The fourth-order valence-corrected chi connectivity index (χ4v) is 1.44. The molecular formula is C10H10F2O3. The van der Waals surface area contributed by atoms with E-state index in [1.165, 1.54) is 0 Å². The summed E-state index contributed by atoms with van der Waals surface area (Å²) in [7, 11) is 0. The molecule has 1 saturated carbocycles. The van der Waals surface area contributed by atoms with E-state index in [4.69, 9.17) is 14.9 Å². The number of aliphatic hydroxyl groups is 1. The minimum absolute atomic E-state index is 0.0725. The molecule has 1 fully saturated rings. The van der Waals surface area contributed by atoms with E-state index in [-0.39, 0.29) is 18.0 Å². The number of phenolic OH excluding ortho intramolecular Hbond substituents is 1. The van der Waals surface area contributed by atoms with Crippen LogP contribution in [0.25, 0.3) is 0 Å². The molecule has 1 aliphatic carbocycles. The van der Waals surface area contributed by atoms with Gasteiger partial charge in [-0.05, 0) is 0 Å². The lowest BCUT2D eigenvalue weighted by Crippen LogP contribution is -2.37. The molecule has 0 aromatic heterocycles. The predicted molar refractivity (Wildman–Crippen MR) is 47.7 cm³/mol. The van der Waals surface area contributed by atoms with Crippen LogP contribution >= 0.6 is 0 Å². The molecule has 82 valence electrons. The van der Waals surface area contributed by atoms with Crippen molar-refractivity contribution in [1.82, 2.24) is 0 Å². The van der Waals surface area contributed by atoms with Crippen LogP contribution in [0.15, 0.2) is 12.1 Å². The van der Waals surface area contributed by atoms with Crippen LogP contribution in [0.4, 0.5) is 8.78 Å². The van der Waals surface area contributed by atoms with Gasteiger partial charge in [0.05, 0.1) is 6.10 Å². The molecule has 2 rings (SSSR count). The zero-order valence-corrected chi connectivity index (χ0v) is 7.78. The summed E-state index contributed by atoms with van der Waals surface area (Å²) < 4.78 is 30.7. The maximum Gasteiger partial charge on any atom is 0.200 e. The average Bonchev–Trinajstić information content (AvgIpc) is 2.11. The normalized spacial score (nSPS) is 24.7. The fraction of sp³-hybridized carbons (Fsp3) is 0.400. The van der Waals surface area contributed by atoms with E-state index < -0.39 is 17.4 Å². The molecule has 15 heavy (non-hydrogen) atoms. The summed E-state index contributed by atoms with van der Waals surface area (Å²) in [5.74, 6) is -3.13. The predicted octanol–water partition coefficient (Wildman–Crippen LogP) is 1.57. The first-order valence-electron chi connectivity index (χ1n) is 4.59. The highest BCUT2D eigenvalue weighted by molar-refractivity contribution is 5.34. The largest absolute Gasteiger partial charge is 0.505 e. The van der Waals surface area contributed by atoms with E-state index in [0.717, 1.165) is 12.1 Å². The van der Waals surface area contributed by atoms with Crippen molar-refractivity contribution in [2.45, 2.75) is 25.0 Å². The van der Waals surface area contributed by atoms with Gasteiger partial charge >= 0.3 is 0 Å². The van der Waals surface area contributed by atoms with Gasteiger partial charge in [-0.3, -0.25) is 0 Å². The Morgan fingerprint density at radius 2 is 1.93 bits per heavy atom. The quantitative estimate of drug-likeness (QED) is 0.788. The molecular weight excluding hydrogens is 206 g/mol. The molecule has 1 aromatic rings. The van der Waals surface area contributed by atoms with E-state index in [9.17, 15) is 8.78 Å². The molecule has 0 atom stereocenters. The van der Waals surface area contributed by atoms with Crippen LogP contribution in [-0.4, -0.2) is 22.4 Å². The molecule has 1 aromatic carbocycles. The summed E-state index contributed by atoms with van der Waals surface area (Å²) in [4.78, 5) is 0. The summed E-state index contributed by atoms with van der Waals surface area (Å²) in [5.41, 5.74) is 0. The highest BCUT2D eigenvalue weighted by Gasteiger charge is 2.29. The van der Waals surface area contributed by atoms with Crippen LogP contribution in [0.5, 0.6) is 11.5 Å². The van der Waals surface area contributed by atoms with Crippen molar-refractivity contribution in [3.05, 3.63) is 23.8 Å². The fourth-order valence-electron chi connectivity index (χ4n) is 1.44. The monoisotopic (exact) mass is 216 g/mol. The van der Waals surface area contributed by atoms with Gasteiger partial charge in [0.1, 0.15) is 11.9 Å². The summed E-state index contributed by atoms with van der Waals surface area (Å²) >= 11 is 0. The Hall–Kier alpha value is -1.36. The molecule has 2 N–H and O–H groups in total. The smallest absolute Gasteiger partial charge is 0.200 e. The summed E-state index contributed by atoms with van der Waals surface area (Å²) in [6.45, 7) is 0. The molecule has 0 bridgehead atoms. The molecule has 0 heterocycles. The third-order valence-corrected chi connectivity index (χ3v) is 2.36. The molecule has 0 spiro atoms. The van der Waals surface area contributed by atoms with E-state index in [1.54, 1.807) is 0 Å². The lowest BCUT2D eigenvalue weighted by atomic mass is 9.92. The minimum atomic E-state index is -1.28. The minimum Gasteiger partial charge on any atom is -0.505 e. The second kappa shape index (κ2) is 3.66. The molecule has 0 saturated heterocycles. The van der Waals surface area contributed by atoms with Crippen molar-refractivity contribution >= 4 is 0 Å². The van der Waals surface area contributed by atoms with Gasteiger partial charge < -0.3 is 14.9 Å². The molecule has 0 radical (unpaired) electrons. The number of ether oxygens (including phenoxy) is 1. The van der Waals surface area contributed by atoms with Crippen molar-refractivity contribution in [1.29, 1.82) is 0 Å². The summed E-state index contributed by atoms with van der Waals surface area (Å²) in [6.07, 6.45) is 0.373. The molecule has 0 unspecified atom stereocenters. The van der Waals surface area contributed by atoms with Crippen LogP contribution < -0.4 is 4.74 Å². The van der Waals surface area contributed by atoms with E-state index >= 15 is 0 Å². The first-order chi connectivity index (χ1) is 7.06. The van der Waals surface area contributed by atoms with Crippen LogP contribution in [0.3, 0.4) is 0 Å². The van der Waals surface area contributed by atoms with Gasteiger partial charge in [0.25, 0.3) is 0 Å². The van der Waals surface area contributed by atoms with Crippen molar-refractivity contribution in [2.75, 3.05) is 0 Å². The zero-order valence-electron chi connectivity index (χ0n) is 7.78. The van der Waals surface area contributed by atoms with Gasteiger partial charge in [-0.25, -0.2) is 4.39 Å². The van der Waals surface area contributed by atoms with Crippen molar-refractivity contribution < 1.29 is 23.7 Å². The van der Waals surface area contributed by atoms with Gasteiger partial charge in [-0.2, -0.15) is 4.39 Å². The molecule has 0 amide bonds. The maximum absolute atomic E-state index is 12.8. The van der Waals surface area contributed by atoms with Crippen LogP contribution in [0.1, 0.15) is 12.8 Å². The van der Waals surface area contributed by atoms with Crippen molar-refractivity contribution in [2.24, 2.45) is 0 Å². The van der Waals surface area contributed by atoms with E-state index in [1.807, 2.05) is 0 Å². The Morgan fingerprint density at radius 1 is 1.27 bits per heavy atom. The second-order valence-corrected chi connectivity index (χ2v) is 3.60. The Labute approximate surface area is 84.9 Å². The van der Waals surface area contributed by atoms with E-state index in [0.29, 0.717) is 12.8 Å². The summed E-state index contributed by atoms with van der Waals surface area (Å²) in [5, 5.41) is 18.0. The number of hydrogen-bond donors (Lipinski definition) is 2. The lowest BCUT2D eigenvalue weighted by molar-refractivity contribution is -0.0110. The summed E-state index contributed by atoms with van der Waals surface area (Å²) in [6, 6.07) is 1.89. The second-order valence-electron chi connectivity index (χ2n) is 3.60. The van der Waals surface area contributed by atoms with Gasteiger partial charge in [-0.15, -0.1) is 0 Å². The third-order valence-electron chi connectivity index (χ3n) is 2.36. The first kappa shape index (κ1) is 10.2. The van der Waals surface area contributed by atoms with Crippen molar-refractivity contribution in [3.63, 3.8) is 0 Å². The lowest BCUT2D eigenvalue weighted by Gasteiger charge is -2.31. The Bertz CT molecular complexity index is 352. The van der Waals surface area contributed by atoms with E-state index in [2.05, 4.69) is 0 Å². The Balaban J connectivity index is 2.09. The molecule has 5 heteroatoms.